The number of esters is 2. The van der Waals surface area contributed by atoms with E-state index in [1.54, 1.807) is 0 Å². The van der Waals surface area contributed by atoms with Crippen LogP contribution < -0.4 is 12.4 Å². The Morgan fingerprint density at radius 1 is 0.821 bits per heavy atom. The van der Waals surface area contributed by atoms with Gasteiger partial charge in [0.05, 0.1) is 34.2 Å². The Hall–Kier alpha value is -0.810. The standard InChI is InChI=1S/C22H44NO4.ClH/c1-7-8-9-10-11-12-13-14-15-26-21(24)17-20(18-23(4,5)6)27-22(25)16-19(2)3;/h19-20H,7-18H2,1-6H3;1H/q+1;/p-1/t20-;/m1./s1. The van der Waals surface area contributed by atoms with Gasteiger partial charge in [-0.25, -0.2) is 0 Å². The van der Waals surface area contributed by atoms with Gasteiger partial charge in [-0.1, -0.05) is 65.7 Å². The molecule has 28 heavy (non-hydrogen) atoms. The summed E-state index contributed by atoms with van der Waals surface area (Å²) >= 11 is 0. The maximum absolute atomic E-state index is 12.1. The summed E-state index contributed by atoms with van der Waals surface area (Å²) in [7, 11) is 6.07. The summed E-state index contributed by atoms with van der Waals surface area (Å²) in [5, 5.41) is 0. The summed E-state index contributed by atoms with van der Waals surface area (Å²) in [6.45, 7) is 7.24. The van der Waals surface area contributed by atoms with Gasteiger partial charge < -0.3 is 26.4 Å². The predicted molar refractivity (Wildman–Crippen MR) is 110 cm³/mol. The third-order valence-corrected chi connectivity index (χ3v) is 4.28. The molecular formula is C22H44ClNO4. The second kappa shape index (κ2) is 17.1. The summed E-state index contributed by atoms with van der Waals surface area (Å²) in [6, 6.07) is 0. The topological polar surface area (TPSA) is 52.6 Å². The van der Waals surface area contributed by atoms with Crippen molar-refractivity contribution >= 4 is 11.9 Å². The molecule has 0 unspecified atom stereocenters. The second-order valence-electron chi connectivity index (χ2n) is 9.08. The largest absolute Gasteiger partial charge is 1.00 e. The van der Waals surface area contributed by atoms with Crippen molar-refractivity contribution in [1.82, 2.24) is 0 Å². The van der Waals surface area contributed by atoms with Crippen molar-refractivity contribution in [3.63, 3.8) is 0 Å². The summed E-state index contributed by atoms with van der Waals surface area (Å²) in [6.07, 6.45) is 9.81. The van der Waals surface area contributed by atoms with Crippen molar-refractivity contribution in [3.8, 4) is 0 Å². The van der Waals surface area contributed by atoms with Gasteiger partial charge in [0, 0.05) is 6.42 Å². The molecule has 0 heterocycles. The highest BCUT2D eigenvalue weighted by Crippen LogP contribution is 2.11. The fourth-order valence-corrected chi connectivity index (χ4v) is 2.99. The van der Waals surface area contributed by atoms with E-state index in [2.05, 4.69) is 6.92 Å². The first kappa shape index (κ1) is 29.4. The van der Waals surface area contributed by atoms with Crippen LogP contribution in [-0.4, -0.2) is 56.8 Å². The normalized spacial score (nSPS) is 12.4. The molecule has 0 aromatic heterocycles. The van der Waals surface area contributed by atoms with E-state index in [0.717, 1.165) is 12.8 Å². The van der Waals surface area contributed by atoms with Gasteiger partial charge in [-0.3, -0.25) is 9.59 Å². The van der Waals surface area contributed by atoms with Gasteiger partial charge in [0.15, 0.2) is 6.10 Å². The fourth-order valence-electron chi connectivity index (χ4n) is 2.99. The Balaban J connectivity index is 0. The minimum atomic E-state index is -0.428. The average Bonchev–Trinajstić information content (AvgIpc) is 2.50. The lowest BCUT2D eigenvalue weighted by Gasteiger charge is -2.28. The quantitative estimate of drug-likeness (QED) is 0.216. The van der Waals surface area contributed by atoms with Crippen LogP contribution in [0.2, 0.25) is 0 Å². The Morgan fingerprint density at radius 3 is 1.86 bits per heavy atom. The second-order valence-corrected chi connectivity index (χ2v) is 9.08. The summed E-state index contributed by atoms with van der Waals surface area (Å²) < 4.78 is 11.5. The molecule has 168 valence electrons. The van der Waals surface area contributed by atoms with E-state index in [-0.39, 0.29) is 36.7 Å². The smallest absolute Gasteiger partial charge is 0.309 e. The molecule has 0 N–H and O–H groups in total. The Kier molecular flexibility index (Phi) is 17.9. The van der Waals surface area contributed by atoms with E-state index in [1.807, 2.05) is 35.0 Å². The van der Waals surface area contributed by atoms with Crippen molar-refractivity contribution in [2.45, 2.75) is 91.1 Å². The van der Waals surface area contributed by atoms with Crippen LogP contribution >= 0.6 is 0 Å². The molecule has 0 aliphatic carbocycles. The predicted octanol–water partition coefficient (Wildman–Crippen LogP) is 1.73. The molecule has 0 rings (SSSR count). The van der Waals surface area contributed by atoms with Crippen molar-refractivity contribution in [3.05, 3.63) is 0 Å². The molecule has 0 saturated heterocycles. The Morgan fingerprint density at radius 2 is 1.36 bits per heavy atom. The van der Waals surface area contributed by atoms with Crippen molar-refractivity contribution in [1.29, 1.82) is 0 Å². The minimum absolute atomic E-state index is 0. The number of unbranched alkanes of at least 4 members (excludes halogenated alkanes) is 7. The van der Waals surface area contributed by atoms with Gasteiger partial charge in [-0.2, -0.15) is 0 Å². The Labute approximate surface area is 179 Å². The first-order valence-electron chi connectivity index (χ1n) is 10.8. The number of hydrogen-bond donors (Lipinski definition) is 0. The Bertz CT molecular complexity index is 408. The number of rotatable bonds is 16. The number of halogens is 1. The van der Waals surface area contributed by atoms with Crippen LogP contribution in [0.15, 0.2) is 0 Å². The maximum Gasteiger partial charge on any atom is 0.309 e. The van der Waals surface area contributed by atoms with E-state index in [9.17, 15) is 9.59 Å². The lowest BCUT2D eigenvalue weighted by atomic mass is 10.1. The van der Waals surface area contributed by atoms with Gasteiger partial charge >= 0.3 is 11.9 Å². The zero-order valence-corrected chi connectivity index (χ0v) is 19.9. The summed E-state index contributed by atoms with van der Waals surface area (Å²) in [5.41, 5.74) is 0. The average molecular weight is 422 g/mol. The van der Waals surface area contributed by atoms with Crippen LogP contribution in [0.3, 0.4) is 0 Å². The molecular weight excluding hydrogens is 378 g/mol. The third kappa shape index (κ3) is 19.9. The molecule has 0 bridgehead atoms. The number of carbonyl (C=O) groups excluding carboxylic acids is 2. The van der Waals surface area contributed by atoms with Crippen molar-refractivity contribution in [2.24, 2.45) is 5.92 Å². The van der Waals surface area contributed by atoms with Crippen LogP contribution in [0.25, 0.3) is 0 Å². The molecule has 0 amide bonds. The molecule has 0 aliphatic rings. The summed E-state index contributed by atoms with van der Waals surface area (Å²) in [4.78, 5) is 24.1. The molecule has 0 saturated carbocycles. The van der Waals surface area contributed by atoms with Gasteiger partial charge in [-0.05, 0) is 12.3 Å². The molecule has 5 nitrogen and oxygen atoms in total. The molecule has 6 heteroatoms. The zero-order chi connectivity index (χ0) is 20.7. The van der Waals surface area contributed by atoms with Crippen LogP contribution in [0.4, 0.5) is 0 Å². The number of hydrogen-bond acceptors (Lipinski definition) is 4. The number of carbonyl (C=O) groups is 2. The summed E-state index contributed by atoms with van der Waals surface area (Å²) in [5.74, 6) is -0.260. The van der Waals surface area contributed by atoms with Crippen LogP contribution in [0.1, 0.15) is 85.0 Å². The highest BCUT2D eigenvalue weighted by molar-refractivity contribution is 5.72. The molecule has 1 atom stereocenters. The first-order chi connectivity index (χ1) is 12.6. The van der Waals surface area contributed by atoms with E-state index in [0.29, 0.717) is 24.1 Å². The number of nitrogens with zero attached hydrogens (tertiary/aromatic N) is 1. The van der Waals surface area contributed by atoms with E-state index < -0.39 is 6.10 Å². The maximum atomic E-state index is 12.1. The molecule has 0 spiro atoms. The molecule has 0 aliphatic heterocycles. The van der Waals surface area contributed by atoms with Crippen molar-refractivity contribution < 1.29 is 36.0 Å². The van der Waals surface area contributed by atoms with Gasteiger partial charge in [-0.15, -0.1) is 0 Å². The minimum Gasteiger partial charge on any atom is -1.00 e. The first-order valence-corrected chi connectivity index (χ1v) is 10.8. The van der Waals surface area contributed by atoms with E-state index in [1.165, 1.54) is 38.5 Å². The van der Waals surface area contributed by atoms with Gasteiger partial charge in [0.25, 0.3) is 0 Å². The van der Waals surface area contributed by atoms with E-state index >= 15 is 0 Å². The zero-order valence-electron chi connectivity index (χ0n) is 19.1. The molecule has 0 radical (unpaired) electrons. The number of ether oxygens (including phenoxy) is 2. The molecule has 0 aromatic rings. The monoisotopic (exact) mass is 421 g/mol. The molecule has 0 aromatic carbocycles. The number of likely N-dealkylation sites (N-methyl/N-ethyl adjacent to an activating group) is 1. The highest BCUT2D eigenvalue weighted by atomic mass is 35.5. The van der Waals surface area contributed by atoms with Crippen LogP contribution in [0, 0.1) is 5.92 Å². The fraction of sp³-hybridized carbons (Fsp3) is 0.909. The number of quaternary nitrogens is 1. The van der Waals surface area contributed by atoms with Crippen LogP contribution in [0.5, 0.6) is 0 Å². The lowest BCUT2D eigenvalue weighted by molar-refractivity contribution is -0.873. The van der Waals surface area contributed by atoms with Gasteiger partial charge in [0.2, 0.25) is 0 Å². The van der Waals surface area contributed by atoms with E-state index in [4.69, 9.17) is 9.47 Å². The third-order valence-electron chi connectivity index (χ3n) is 4.28. The molecule has 0 fully saturated rings. The van der Waals surface area contributed by atoms with Crippen molar-refractivity contribution in [2.75, 3.05) is 34.3 Å². The van der Waals surface area contributed by atoms with Gasteiger partial charge in [0.1, 0.15) is 6.54 Å². The highest BCUT2D eigenvalue weighted by Gasteiger charge is 2.25. The SMILES string of the molecule is CCCCCCCCCCOC(=O)C[C@H](C[N+](C)(C)C)OC(=O)CC(C)C.[Cl-]. The van der Waals surface area contributed by atoms with Crippen LogP contribution in [-0.2, 0) is 19.1 Å². The lowest BCUT2D eigenvalue weighted by Crippen LogP contribution is -3.00.